The summed E-state index contributed by atoms with van der Waals surface area (Å²) in [5.41, 5.74) is 4.22. The Morgan fingerprint density at radius 1 is 1.07 bits per heavy atom. The Morgan fingerprint density at radius 3 is 2.29 bits per heavy atom. The van der Waals surface area contributed by atoms with Crippen LogP contribution < -0.4 is 0 Å². The van der Waals surface area contributed by atoms with Crippen LogP contribution in [-0.2, 0) is 26.2 Å². The largest absolute Gasteiger partial charge is 0.0625 e. The van der Waals surface area contributed by atoms with E-state index < -0.39 is 0 Å². The van der Waals surface area contributed by atoms with Gasteiger partial charge in [-0.25, -0.2) is 0 Å². The summed E-state index contributed by atoms with van der Waals surface area (Å²) < 4.78 is 0. The second kappa shape index (κ2) is 5.07. The van der Waals surface area contributed by atoms with Crippen LogP contribution in [0.5, 0.6) is 0 Å². The zero-order valence-corrected chi connectivity index (χ0v) is 11.2. The molecular weight excluding hydrogens is 247 g/mol. The van der Waals surface area contributed by atoms with Gasteiger partial charge in [0.25, 0.3) is 0 Å². The number of hydrogen-bond acceptors (Lipinski definition) is 0. The summed E-state index contributed by atoms with van der Waals surface area (Å²) in [5, 5.41) is 0. The maximum absolute atomic E-state index is 2.30. The van der Waals surface area contributed by atoms with Gasteiger partial charge in [0.15, 0.2) is 0 Å². The van der Waals surface area contributed by atoms with E-state index in [2.05, 4.69) is 50.6 Å². The Kier molecular flexibility index (Phi) is 4.32. The molecule has 0 atom stereocenters. The molecule has 1 aromatic carbocycles. The van der Waals surface area contributed by atoms with Crippen molar-refractivity contribution in [3.63, 3.8) is 0 Å². The van der Waals surface area contributed by atoms with Gasteiger partial charge in [0, 0.05) is 32.6 Å². The summed E-state index contributed by atoms with van der Waals surface area (Å²) >= 11 is 0. The molecule has 1 radical (unpaired) electrons. The monoisotopic (exact) mass is 261 g/mol. The van der Waals surface area contributed by atoms with Crippen molar-refractivity contribution in [1.29, 1.82) is 0 Å². The number of rotatable bonds is 2. The fraction of sp³-hybridized carbons (Fsp3) is 0.308. The third-order valence-corrected chi connectivity index (χ3v) is 2.32. The van der Waals surface area contributed by atoms with Crippen molar-refractivity contribution >= 4 is 6.08 Å². The van der Waals surface area contributed by atoms with Crippen molar-refractivity contribution in [2.75, 3.05) is 0 Å². The van der Waals surface area contributed by atoms with Crippen molar-refractivity contribution in [1.82, 2.24) is 0 Å². The Labute approximate surface area is 106 Å². The van der Waals surface area contributed by atoms with E-state index in [4.69, 9.17) is 0 Å². The summed E-state index contributed by atoms with van der Waals surface area (Å²) in [7, 11) is 0. The average Bonchev–Trinajstić information content (AvgIpc) is 2.44. The Bertz CT molecular complexity index is 337. The van der Waals surface area contributed by atoms with E-state index in [0.29, 0.717) is 0 Å². The van der Waals surface area contributed by atoms with E-state index in [1.54, 1.807) is 0 Å². The second-order valence-electron chi connectivity index (χ2n) is 4.09. The first-order valence-electron chi connectivity index (χ1n) is 4.90. The third-order valence-electron chi connectivity index (χ3n) is 2.32. The van der Waals surface area contributed by atoms with Gasteiger partial charge in [-0.05, 0) is 23.5 Å². The molecule has 0 fully saturated rings. The van der Waals surface area contributed by atoms with Crippen LogP contribution in [0.25, 0.3) is 6.08 Å². The molecule has 0 amide bonds. The molecule has 0 saturated heterocycles. The quantitative estimate of drug-likeness (QED) is 0.763. The van der Waals surface area contributed by atoms with Crippen molar-refractivity contribution in [3.05, 3.63) is 47.4 Å². The molecular formula is C13H15Zr. The average molecular weight is 262 g/mol. The van der Waals surface area contributed by atoms with E-state index in [1.165, 1.54) is 23.1 Å². The minimum atomic E-state index is 0. The van der Waals surface area contributed by atoms with Gasteiger partial charge in [0.2, 0.25) is 0 Å². The van der Waals surface area contributed by atoms with Crippen LogP contribution in [0.1, 0.15) is 31.4 Å². The van der Waals surface area contributed by atoms with E-state index in [-0.39, 0.29) is 26.2 Å². The van der Waals surface area contributed by atoms with E-state index in [0.717, 1.165) is 5.92 Å². The summed E-state index contributed by atoms with van der Waals surface area (Å²) in [4.78, 5) is 0. The molecule has 0 aromatic heterocycles. The van der Waals surface area contributed by atoms with Crippen LogP contribution in [0.4, 0.5) is 0 Å². The first-order valence-corrected chi connectivity index (χ1v) is 4.90. The molecule has 2 rings (SSSR count). The molecule has 1 aliphatic carbocycles. The van der Waals surface area contributed by atoms with Crippen LogP contribution in [0.3, 0.4) is 0 Å². The Hall–Kier alpha value is -0.157. The molecule has 0 unspecified atom stereocenters. The molecule has 0 nitrogen and oxygen atoms in total. The maximum atomic E-state index is 2.30. The summed E-state index contributed by atoms with van der Waals surface area (Å²) in [6.07, 6.45) is 5.79. The number of fused-ring (bicyclic) bond motifs is 1. The van der Waals surface area contributed by atoms with Crippen LogP contribution in [-0.4, -0.2) is 0 Å². The van der Waals surface area contributed by atoms with Crippen molar-refractivity contribution < 1.29 is 26.2 Å². The Morgan fingerprint density at radius 2 is 1.71 bits per heavy atom. The van der Waals surface area contributed by atoms with Crippen LogP contribution in [0, 0.1) is 12.3 Å². The fourth-order valence-electron chi connectivity index (χ4n) is 1.80. The van der Waals surface area contributed by atoms with Gasteiger partial charge >= 0.3 is 0 Å². The van der Waals surface area contributed by atoms with Crippen LogP contribution in [0.15, 0.2) is 29.8 Å². The molecule has 0 heterocycles. The molecule has 1 heteroatoms. The number of benzene rings is 1. The number of hydrogen-bond donors (Lipinski definition) is 0. The first-order chi connectivity index (χ1) is 6.25. The van der Waals surface area contributed by atoms with Crippen molar-refractivity contribution in [2.24, 2.45) is 5.92 Å². The normalized spacial score (nSPS) is 13.5. The summed E-state index contributed by atoms with van der Waals surface area (Å²) in [5.74, 6) is 0.747. The molecule has 0 N–H and O–H groups in total. The molecule has 71 valence electrons. The zero-order valence-electron chi connectivity index (χ0n) is 8.75. The molecule has 0 spiro atoms. The maximum Gasteiger partial charge on any atom is 0.0164 e. The van der Waals surface area contributed by atoms with E-state index in [1.807, 2.05) is 0 Å². The molecule has 1 aromatic rings. The summed E-state index contributed by atoms with van der Waals surface area (Å²) in [6, 6.07) is 8.56. The van der Waals surface area contributed by atoms with Crippen LogP contribution >= 0.6 is 0 Å². The van der Waals surface area contributed by atoms with Gasteiger partial charge in [-0.1, -0.05) is 49.8 Å². The smallest absolute Gasteiger partial charge is 0.0164 e. The van der Waals surface area contributed by atoms with Gasteiger partial charge in [-0.15, -0.1) is 0 Å². The number of allylic oxidation sites excluding steroid dienone is 1. The molecule has 14 heavy (non-hydrogen) atoms. The van der Waals surface area contributed by atoms with E-state index >= 15 is 0 Å². The van der Waals surface area contributed by atoms with Crippen molar-refractivity contribution in [2.45, 2.75) is 20.3 Å². The molecule has 1 aliphatic rings. The molecule has 0 aliphatic heterocycles. The van der Waals surface area contributed by atoms with Crippen molar-refractivity contribution in [3.8, 4) is 0 Å². The summed E-state index contributed by atoms with van der Waals surface area (Å²) in [6.45, 7) is 4.52. The fourth-order valence-corrected chi connectivity index (χ4v) is 1.80. The molecule has 0 bridgehead atoms. The van der Waals surface area contributed by atoms with Gasteiger partial charge in [0.05, 0.1) is 0 Å². The zero-order chi connectivity index (χ0) is 9.26. The van der Waals surface area contributed by atoms with Gasteiger partial charge in [-0.3, -0.25) is 0 Å². The van der Waals surface area contributed by atoms with Gasteiger partial charge in [-0.2, -0.15) is 0 Å². The van der Waals surface area contributed by atoms with E-state index in [9.17, 15) is 0 Å². The van der Waals surface area contributed by atoms with Gasteiger partial charge < -0.3 is 0 Å². The predicted octanol–water partition coefficient (Wildman–Crippen LogP) is 3.68. The SMILES string of the molecule is CC(C)CC1=Cc2ccccc2[CH]1.[Zr]. The van der Waals surface area contributed by atoms with Crippen LogP contribution in [0.2, 0.25) is 0 Å². The third kappa shape index (κ3) is 2.67. The second-order valence-corrected chi connectivity index (χ2v) is 4.09. The minimum absolute atomic E-state index is 0. The van der Waals surface area contributed by atoms with Gasteiger partial charge in [0.1, 0.15) is 0 Å². The predicted molar refractivity (Wildman–Crippen MR) is 57.3 cm³/mol. The molecule has 0 saturated carbocycles. The topological polar surface area (TPSA) is 0 Å². The Balaban J connectivity index is 0.000000980. The first kappa shape index (κ1) is 11.9. The standard InChI is InChI=1S/C13H15.Zr/c1-10(2)7-11-8-12-5-3-4-6-13(12)9-11;/h3-6,8-10H,7H2,1-2H3;. The minimum Gasteiger partial charge on any atom is -0.0625 e.